The monoisotopic (exact) mass is 210 g/mol. The van der Waals surface area contributed by atoms with Gasteiger partial charge in [-0.3, -0.25) is 0 Å². The number of aromatic amines is 1. The second-order valence-electron chi connectivity index (χ2n) is 1.98. The van der Waals surface area contributed by atoms with Crippen molar-refractivity contribution in [1.29, 1.82) is 0 Å². The van der Waals surface area contributed by atoms with Crippen LogP contribution in [-0.4, -0.2) is 30.5 Å². The third-order valence-electron chi connectivity index (χ3n) is 1.13. The molecule has 0 saturated carbocycles. The Balaban J connectivity index is 2.98. The van der Waals surface area contributed by atoms with Crippen LogP contribution in [0.25, 0.3) is 0 Å². The molecular weight excluding hydrogens is 206 g/mol. The number of carbonyl (C=O) groups is 1. The summed E-state index contributed by atoms with van der Waals surface area (Å²) in [6.07, 6.45) is 2.27. The lowest BCUT2D eigenvalue weighted by molar-refractivity contribution is -0.153. The highest BCUT2D eigenvalue weighted by Gasteiger charge is 2.48. The maximum atomic E-state index is 12.5. The number of hydrogen-bond acceptors (Lipinski definition) is 3. The SMILES string of the molecule is O=C(O)C(F)(F)S(=O)c1ncc[nH]1. The van der Waals surface area contributed by atoms with Gasteiger partial charge in [0.2, 0.25) is 5.16 Å². The van der Waals surface area contributed by atoms with Gasteiger partial charge in [-0.15, -0.1) is 0 Å². The van der Waals surface area contributed by atoms with E-state index in [4.69, 9.17) is 5.11 Å². The van der Waals surface area contributed by atoms with Crippen molar-refractivity contribution in [2.24, 2.45) is 0 Å². The van der Waals surface area contributed by atoms with Crippen LogP contribution in [0.4, 0.5) is 8.78 Å². The molecule has 5 nitrogen and oxygen atoms in total. The third-order valence-corrected chi connectivity index (χ3v) is 2.35. The van der Waals surface area contributed by atoms with Crippen LogP contribution in [0.3, 0.4) is 0 Å². The lowest BCUT2D eigenvalue weighted by Crippen LogP contribution is -2.33. The van der Waals surface area contributed by atoms with E-state index in [1.165, 1.54) is 6.20 Å². The Hall–Kier alpha value is -1.31. The minimum absolute atomic E-state index is 0.563. The van der Waals surface area contributed by atoms with E-state index in [0.717, 1.165) is 6.20 Å². The van der Waals surface area contributed by atoms with E-state index in [9.17, 15) is 17.8 Å². The molecule has 0 aromatic carbocycles. The summed E-state index contributed by atoms with van der Waals surface area (Å²) in [6, 6.07) is 0. The van der Waals surface area contributed by atoms with E-state index >= 15 is 0 Å². The Kier molecular flexibility index (Phi) is 2.41. The van der Waals surface area contributed by atoms with Crippen LogP contribution in [0.15, 0.2) is 17.6 Å². The quantitative estimate of drug-likeness (QED) is 0.746. The Morgan fingerprint density at radius 1 is 1.69 bits per heavy atom. The van der Waals surface area contributed by atoms with Crippen LogP contribution in [-0.2, 0) is 15.6 Å². The zero-order valence-corrected chi connectivity index (χ0v) is 6.85. The van der Waals surface area contributed by atoms with E-state index in [0.29, 0.717) is 0 Å². The number of alkyl halides is 2. The first-order valence-corrected chi connectivity index (χ1v) is 4.13. The number of carboxylic acids is 1. The van der Waals surface area contributed by atoms with Gasteiger partial charge in [0.25, 0.3) is 0 Å². The molecule has 0 bridgehead atoms. The van der Waals surface area contributed by atoms with Gasteiger partial charge in [-0.1, -0.05) is 0 Å². The molecule has 0 radical (unpaired) electrons. The fourth-order valence-electron chi connectivity index (χ4n) is 0.553. The Morgan fingerprint density at radius 3 is 2.69 bits per heavy atom. The lowest BCUT2D eigenvalue weighted by atomic mass is 10.7. The van der Waals surface area contributed by atoms with E-state index in [1.54, 1.807) is 0 Å². The summed E-state index contributed by atoms with van der Waals surface area (Å²) in [5.74, 6) is -2.44. The molecule has 1 aromatic heterocycles. The van der Waals surface area contributed by atoms with Crippen LogP contribution in [0.2, 0.25) is 0 Å². The number of H-pyrrole nitrogens is 1. The zero-order chi connectivity index (χ0) is 10.1. The molecule has 0 aliphatic carbocycles. The second-order valence-corrected chi connectivity index (χ2v) is 3.42. The first kappa shape index (κ1) is 9.78. The maximum absolute atomic E-state index is 12.5. The molecule has 0 aliphatic heterocycles. The molecule has 1 unspecified atom stereocenters. The van der Waals surface area contributed by atoms with Gasteiger partial charge in [-0.25, -0.2) is 14.0 Å². The molecule has 0 aliphatic rings. The lowest BCUT2D eigenvalue weighted by Gasteiger charge is -2.07. The van der Waals surface area contributed by atoms with Crippen LogP contribution < -0.4 is 0 Å². The molecule has 72 valence electrons. The van der Waals surface area contributed by atoms with Gasteiger partial charge in [0.1, 0.15) is 0 Å². The minimum atomic E-state index is -4.32. The second kappa shape index (κ2) is 3.21. The molecule has 1 aromatic rings. The highest BCUT2D eigenvalue weighted by atomic mass is 32.2. The smallest absolute Gasteiger partial charge is 0.422 e. The van der Waals surface area contributed by atoms with Crippen molar-refractivity contribution >= 4 is 16.8 Å². The minimum Gasteiger partial charge on any atom is -0.476 e. The van der Waals surface area contributed by atoms with E-state index < -0.39 is 27.2 Å². The molecule has 0 amide bonds. The standard InChI is InChI=1S/C5H4F2N2O3S/c6-5(7,3(10)11)13(12)4-8-1-2-9-4/h1-2H,(H,8,9)(H,10,11). The summed E-state index contributed by atoms with van der Waals surface area (Å²) < 4.78 is 35.9. The topological polar surface area (TPSA) is 83.0 Å². The Morgan fingerprint density at radius 2 is 2.31 bits per heavy atom. The molecular formula is C5H4F2N2O3S. The molecule has 0 fully saturated rings. The van der Waals surface area contributed by atoms with E-state index in [1.807, 2.05) is 0 Å². The number of hydrogen-bond donors (Lipinski definition) is 2. The summed E-state index contributed by atoms with van der Waals surface area (Å²) in [6.45, 7) is 0. The zero-order valence-electron chi connectivity index (χ0n) is 6.03. The van der Waals surface area contributed by atoms with Crippen molar-refractivity contribution in [3.05, 3.63) is 12.4 Å². The normalized spacial score (nSPS) is 14.0. The number of aliphatic carboxylic acids is 1. The summed E-state index contributed by atoms with van der Waals surface area (Å²) in [7, 11) is -2.99. The van der Waals surface area contributed by atoms with Crippen molar-refractivity contribution in [2.75, 3.05) is 0 Å². The third kappa shape index (κ3) is 1.72. The molecule has 1 rings (SSSR count). The van der Waals surface area contributed by atoms with Crippen LogP contribution in [0.5, 0.6) is 0 Å². The van der Waals surface area contributed by atoms with Crippen LogP contribution >= 0.6 is 0 Å². The average molecular weight is 210 g/mol. The van der Waals surface area contributed by atoms with Crippen molar-refractivity contribution in [3.63, 3.8) is 0 Å². The highest BCUT2D eigenvalue weighted by Crippen LogP contribution is 2.22. The molecule has 0 spiro atoms. The molecule has 13 heavy (non-hydrogen) atoms. The summed E-state index contributed by atoms with van der Waals surface area (Å²) in [5, 5.41) is 3.14. The summed E-state index contributed by atoms with van der Waals surface area (Å²) in [5.41, 5.74) is 0. The number of rotatable bonds is 3. The van der Waals surface area contributed by atoms with Crippen molar-refractivity contribution in [1.82, 2.24) is 9.97 Å². The first-order chi connectivity index (χ1) is 5.96. The van der Waals surface area contributed by atoms with Gasteiger partial charge < -0.3 is 10.1 Å². The maximum Gasteiger partial charge on any atom is 0.422 e. The van der Waals surface area contributed by atoms with Gasteiger partial charge in [0, 0.05) is 12.4 Å². The van der Waals surface area contributed by atoms with Crippen LogP contribution in [0.1, 0.15) is 0 Å². The largest absolute Gasteiger partial charge is 0.476 e. The molecule has 0 saturated heterocycles. The highest BCUT2D eigenvalue weighted by molar-refractivity contribution is 7.86. The number of nitrogens with one attached hydrogen (secondary N) is 1. The fourth-order valence-corrected chi connectivity index (χ4v) is 1.29. The van der Waals surface area contributed by atoms with Gasteiger partial charge in [-0.2, -0.15) is 8.78 Å². The number of halogens is 2. The van der Waals surface area contributed by atoms with Crippen LogP contribution in [0, 0.1) is 0 Å². The van der Waals surface area contributed by atoms with E-state index in [-0.39, 0.29) is 0 Å². The summed E-state index contributed by atoms with van der Waals surface area (Å²) >= 11 is 0. The van der Waals surface area contributed by atoms with Gasteiger partial charge in [0.05, 0.1) is 0 Å². The van der Waals surface area contributed by atoms with E-state index in [2.05, 4.69) is 9.97 Å². The van der Waals surface area contributed by atoms with Crippen molar-refractivity contribution < 1.29 is 22.9 Å². The predicted molar refractivity (Wildman–Crippen MR) is 37.6 cm³/mol. The first-order valence-electron chi connectivity index (χ1n) is 2.98. The number of imidazole rings is 1. The van der Waals surface area contributed by atoms with Gasteiger partial charge in [0.15, 0.2) is 10.8 Å². The average Bonchev–Trinajstić information content (AvgIpc) is 2.54. The summed E-state index contributed by atoms with van der Waals surface area (Å²) in [4.78, 5) is 15.4. The number of nitrogens with zero attached hydrogens (tertiary/aromatic N) is 1. The number of carboxylic acid groups (broad SMARTS) is 1. The van der Waals surface area contributed by atoms with Gasteiger partial charge >= 0.3 is 11.2 Å². The van der Waals surface area contributed by atoms with Gasteiger partial charge in [-0.05, 0) is 0 Å². The fraction of sp³-hybridized carbons (Fsp3) is 0.200. The van der Waals surface area contributed by atoms with Crippen molar-refractivity contribution in [3.8, 4) is 0 Å². The predicted octanol–water partition coefficient (Wildman–Crippen LogP) is 0.195. The Bertz CT molecular complexity index is 338. The molecule has 8 heteroatoms. The number of aromatic nitrogens is 2. The van der Waals surface area contributed by atoms with Crippen molar-refractivity contribution in [2.45, 2.75) is 10.4 Å². The molecule has 1 atom stereocenters. The molecule has 2 N–H and O–H groups in total. The molecule has 1 heterocycles. The Labute approximate surface area is 73.3 Å².